The zero-order valence-electron chi connectivity index (χ0n) is 15.4. The summed E-state index contributed by atoms with van der Waals surface area (Å²) in [7, 11) is 0. The van der Waals surface area contributed by atoms with Gasteiger partial charge in [-0.15, -0.1) is 0 Å². The summed E-state index contributed by atoms with van der Waals surface area (Å²) < 4.78 is 5.34. The molecule has 0 fully saturated rings. The van der Waals surface area contributed by atoms with Gasteiger partial charge < -0.3 is 26.0 Å². The number of rotatable bonds is 7. The standard InChI is InChI=1S/C20H24N2O5/c1-20(2,21)19(26)22-15(10-14-8-9-16(23)17(24)11-14)18(25)27-12-13-6-4-3-5-7-13/h3-9,11,15,23-24H,10,12,21H2,1-2H3,(H,22,26)/p+1/t15-/m0/s1. The molecule has 1 atom stereocenters. The monoisotopic (exact) mass is 373 g/mol. The van der Waals surface area contributed by atoms with Gasteiger partial charge in [0.25, 0.3) is 5.91 Å². The summed E-state index contributed by atoms with van der Waals surface area (Å²) in [6, 6.07) is 12.5. The summed E-state index contributed by atoms with van der Waals surface area (Å²) in [6.07, 6.45) is 0.100. The smallest absolute Gasteiger partial charge is 0.329 e. The molecule has 0 heterocycles. The molecule has 2 aromatic rings. The lowest BCUT2D eigenvalue weighted by atomic mass is 10.0. The van der Waals surface area contributed by atoms with Gasteiger partial charge in [-0.3, -0.25) is 4.79 Å². The van der Waals surface area contributed by atoms with E-state index < -0.39 is 23.5 Å². The highest BCUT2D eigenvalue weighted by Gasteiger charge is 2.31. The lowest BCUT2D eigenvalue weighted by Gasteiger charge is -2.21. The Bertz CT molecular complexity index is 800. The van der Waals surface area contributed by atoms with E-state index in [0.717, 1.165) is 5.56 Å². The van der Waals surface area contributed by atoms with Crippen molar-refractivity contribution in [2.24, 2.45) is 0 Å². The number of amides is 1. The van der Waals surface area contributed by atoms with Crippen LogP contribution < -0.4 is 11.1 Å². The summed E-state index contributed by atoms with van der Waals surface area (Å²) in [5, 5.41) is 21.7. The quantitative estimate of drug-likeness (QED) is 0.424. The third-order valence-electron chi connectivity index (χ3n) is 3.91. The molecule has 144 valence electrons. The van der Waals surface area contributed by atoms with Crippen LogP contribution in [0.2, 0.25) is 0 Å². The van der Waals surface area contributed by atoms with Gasteiger partial charge in [0.2, 0.25) is 0 Å². The first-order valence-electron chi connectivity index (χ1n) is 8.54. The van der Waals surface area contributed by atoms with Gasteiger partial charge in [-0.25, -0.2) is 4.79 Å². The highest BCUT2D eigenvalue weighted by atomic mass is 16.5. The fourth-order valence-electron chi connectivity index (χ4n) is 2.31. The van der Waals surface area contributed by atoms with Crippen LogP contribution >= 0.6 is 0 Å². The van der Waals surface area contributed by atoms with Crippen molar-refractivity contribution in [1.82, 2.24) is 5.32 Å². The third-order valence-corrected chi connectivity index (χ3v) is 3.91. The SMILES string of the molecule is CC(C)([NH3+])C(=O)N[C@@H](Cc1ccc(O)c(O)c1)C(=O)OCc1ccccc1. The molecule has 0 aromatic heterocycles. The summed E-state index contributed by atoms with van der Waals surface area (Å²) in [5.74, 6) is -1.55. The first kappa shape index (κ1) is 20.3. The first-order valence-corrected chi connectivity index (χ1v) is 8.54. The van der Waals surface area contributed by atoms with Gasteiger partial charge in [0.1, 0.15) is 12.6 Å². The van der Waals surface area contributed by atoms with E-state index >= 15 is 0 Å². The van der Waals surface area contributed by atoms with Gasteiger partial charge in [0.15, 0.2) is 17.0 Å². The predicted molar refractivity (Wildman–Crippen MR) is 98.6 cm³/mol. The number of carbonyl (C=O) groups excluding carboxylic acids is 2. The van der Waals surface area contributed by atoms with Crippen LogP contribution in [0.3, 0.4) is 0 Å². The van der Waals surface area contributed by atoms with Crippen molar-refractivity contribution in [3.63, 3.8) is 0 Å². The van der Waals surface area contributed by atoms with Crippen molar-refractivity contribution in [3.8, 4) is 11.5 Å². The Morgan fingerprint density at radius 3 is 2.33 bits per heavy atom. The van der Waals surface area contributed by atoms with Crippen molar-refractivity contribution < 1.29 is 30.3 Å². The molecule has 2 rings (SSSR count). The molecular weight excluding hydrogens is 348 g/mol. The lowest BCUT2D eigenvalue weighted by molar-refractivity contribution is -0.446. The molecule has 0 radical (unpaired) electrons. The number of hydrogen-bond donors (Lipinski definition) is 4. The maximum absolute atomic E-state index is 12.6. The second kappa shape index (κ2) is 8.55. The average molecular weight is 373 g/mol. The Kier molecular flexibility index (Phi) is 6.41. The zero-order chi connectivity index (χ0) is 20.0. The van der Waals surface area contributed by atoms with Crippen LogP contribution in [0.15, 0.2) is 48.5 Å². The molecule has 7 heteroatoms. The number of hydrogen-bond acceptors (Lipinski definition) is 5. The van der Waals surface area contributed by atoms with Gasteiger partial charge >= 0.3 is 5.97 Å². The fourth-order valence-corrected chi connectivity index (χ4v) is 2.31. The van der Waals surface area contributed by atoms with Crippen molar-refractivity contribution in [3.05, 3.63) is 59.7 Å². The van der Waals surface area contributed by atoms with Crippen LogP contribution in [0.4, 0.5) is 0 Å². The van der Waals surface area contributed by atoms with Crippen LogP contribution in [0.5, 0.6) is 11.5 Å². The van der Waals surface area contributed by atoms with E-state index in [0.29, 0.717) is 5.56 Å². The Morgan fingerprint density at radius 2 is 1.74 bits per heavy atom. The molecule has 0 spiro atoms. The molecule has 0 aliphatic heterocycles. The second-order valence-corrected chi connectivity index (χ2v) is 7.03. The number of phenolic OH excluding ortho intramolecular Hbond substituents is 2. The van der Waals surface area contributed by atoms with Gasteiger partial charge in [0, 0.05) is 6.42 Å². The lowest BCUT2D eigenvalue weighted by Crippen LogP contribution is -2.76. The molecule has 0 bridgehead atoms. The molecule has 7 nitrogen and oxygen atoms in total. The Hall–Kier alpha value is -3.06. The van der Waals surface area contributed by atoms with Crippen molar-refractivity contribution in [2.75, 3.05) is 0 Å². The number of quaternary nitrogens is 1. The molecule has 27 heavy (non-hydrogen) atoms. The number of esters is 1. The van der Waals surface area contributed by atoms with Crippen LogP contribution in [0, 0.1) is 0 Å². The van der Waals surface area contributed by atoms with E-state index in [1.165, 1.54) is 12.1 Å². The molecule has 0 unspecified atom stereocenters. The summed E-state index contributed by atoms with van der Waals surface area (Å²) in [5.41, 5.74) is 4.24. The minimum Gasteiger partial charge on any atom is -0.504 e. The van der Waals surface area contributed by atoms with E-state index in [1.807, 2.05) is 30.3 Å². The van der Waals surface area contributed by atoms with E-state index in [-0.39, 0.29) is 24.5 Å². The van der Waals surface area contributed by atoms with Crippen LogP contribution in [0.1, 0.15) is 25.0 Å². The van der Waals surface area contributed by atoms with Crippen molar-refractivity contribution in [1.29, 1.82) is 0 Å². The van der Waals surface area contributed by atoms with Gasteiger partial charge in [-0.1, -0.05) is 36.4 Å². The third kappa shape index (κ3) is 6.00. The summed E-state index contributed by atoms with van der Waals surface area (Å²) in [6.45, 7) is 3.36. The van der Waals surface area contributed by atoms with E-state index in [2.05, 4.69) is 11.1 Å². The normalized spacial score (nSPS) is 12.3. The Morgan fingerprint density at radius 1 is 1.07 bits per heavy atom. The highest BCUT2D eigenvalue weighted by molar-refractivity contribution is 5.88. The Labute approximate surface area is 157 Å². The number of nitrogens with one attached hydrogen (secondary N) is 1. The van der Waals surface area contributed by atoms with Gasteiger partial charge in [-0.05, 0) is 37.1 Å². The number of ether oxygens (including phenoxy) is 1. The van der Waals surface area contributed by atoms with Crippen LogP contribution in [0.25, 0.3) is 0 Å². The molecule has 1 amide bonds. The van der Waals surface area contributed by atoms with E-state index in [1.54, 1.807) is 19.9 Å². The topological polar surface area (TPSA) is 124 Å². The molecule has 0 saturated carbocycles. The molecule has 0 saturated heterocycles. The predicted octanol–water partition coefficient (Wildman–Crippen LogP) is 0.889. The fraction of sp³-hybridized carbons (Fsp3) is 0.300. The molecule has 0 aliphatic rings. The minimum atomic E-state index is -0.953. The molecule has 2 aromatic carbocycles. The zero-order valence-corrected chi connectivity index (χ0v) is 15.4. The summed E-state index contributed by atoms with van der Waals surface area (Å²) >= 11 is 0. The largest absolute Gasteiger partial charge is 0.504 e. The van der Waals surface area contributed by atoms with Crippen LogP contribution in [-0.4, -0.2) is 33.7 Å². The molecular formula is C20H25N2O5+. The number of aromatic hydroxyl groups is 2. The van der Waals surface area contributed by atoms with Crippen molar-refractivity contribution in [2.45, 2.75) is 38.5 Å². The molecule has 6 N–H and O–H groups in total. The molecule has 0 aliphatic carbocycles. The maximum atomic E-state index is 12.6. The number of carbonyl (C=O) groups is 2. The highest BCUT2D eigenvalue weighted by Crippen LogP contribution is 2.25. The second-order valence-electron chi connectivity index (χ2n) is 7.03. The van der Waals surface area contributed by atoms with E-state index in [9.17, 15) is 19.8 Å². The van der Waals surface area contributed by atoms with E-state index in [4.69, 9.17) is 4.74 Å². The van der Waals surface area contributed by atoms with Gasteiger partial charge in [0.05, 0.1) is 0 Å². The maximum Gasteiger partial charge on any atom is 0.329 e. The van der Waals surface area contributed by atoms with Crippen LogP contribution in [-0.2, 0) is 27.4 Å². The summed E-state index contributed by atoms with van der Waals surface area (Å²) in [4.78, 5) is 24.9. The van der Waals surface area contributed by atoms with Gasteiger partial charge in [-0.2, -0.15) is 0 Å². The first-order chi connectivity index (χ1) is 12.7. The minimum absolute atomic E-state index is 0.0840. The number of benzene rings is 2. The number of phenols is 2. The van der Waals surface area contributed by atoms with Crippen molar-refractivity contribution >= 4 is 11.9 Å². The average Bonchev–Trinajstić information content (AvgIpc) is 2.62. The Balaban J connectivity index is 2.13.